The summed E-state index contributed by atoms with van der Waals surface area (Å²) in [5, 5.41) is 9.25. The lowest BCUT2D eigenvalue weighted by Gasteiger charge is -2.22. The maximum absolute atomic E-state index is 9.25. The van der Waals surface area contributed by atoms with Crippen LogP contribution in [0.2, 0.25) is 0 Å². The van der Waals surface area contributed by atoms with Crippen LogP contribution in [0.25, 0.3) is 0 Å². The van der Waals surface area contributed by atoms with Crippen molar-refractivity contribution in [1.82, 2.24) is 0 Å². The molecule has 0 radical (unpaired) electrons. The Morgan fingerprint density at radius 2 is 2.18 bits per heavy atom. The fourth-order valence-corrected chi connectivity index (χ4v) is 1.42. The second kappa shape index (κ2) is 4.52. The van der Waals surface area contributed by atoms with Gasteiger partial charge in [-0.3, -0.25) is 0 Å². The van der Waals surface area contributed by atoms with Gasteiger partial charge in [0.05, 0.1) is 6.10 Å². The molecule has 2 nitrogen and oxygen atoms in total. The van der Waals surface area contributed by atoms with Gasteiger partial charge in [0, 0.05) is 13.2 Å². The molecular weight excluding hydrogens is 140 g/mol. The minimum atomic E-state index is -0.321. The normalized spacial score (nSPS) is 23.0. The number of aliphatic hydroxyl groups excluding tert-OH is 1. The van der Waals surface area contributed by atoms with E-state index in [2.05, 4.69) is 6.58 Å². The smallest absolute Gasteiger partial charge is 0.0721 e. The molecule has 1 N–H and O–H groups in total. The van der Waals surface area contributed by atoms with Crippen molar-refractivity contribution in [2.75, 3.05) is 13.2 Å². The van der Waals surface area contributed by atoms with Crippen LogP contribution in [0, 0.1) is 5.92 Å². The van der Waals surface area contributed by atoms with Gasteiger partial charge >= 0.3 is 0 Å². The van der Waals surface area contributed by atoms with Crippen molar-refractivity contribution in [3.05, 3.63) is 12.7 Å². The van der Waals surface area contributed by atoms with E-state index in [0.717, 1.165) is 32.5 Å². The number of rotatable bonds is 3. The van der Waals surface area contributed by atoms with Crippen LogP contribution < -0.4 is 0 Å². The van der Waals surface area contributed by atoms with E-state index in [-0.39, 0.29) is 6.10 Å². The molecule has 0 aliphatic carbocycles. The maximum atomic E-state index is 9.25. The Labute approximate surface area is 67.9 Å². The van der Waals surface area contributed by atoms with E-state index < -0.39 is 0 Å². The summed E-state index contributed by atoms with van der Waals surface area (Å²) in [5.74, 6) is 0.636. The number of hydrogen-bond donors (Lipinski definition) is 1. The maximum Gasteiger partial charge on any atom is 0.0721 e. The molecule has 1 atom stereocenters. The largest absolute Gasteiger partial charge is 0.389 e. The monoisotopic (exact) mass is 156 g/mol. The fourth-order valence-electron chi connectivity index (χ4n) is 1.42. The SMILES string of the molecule is C=C[C@@H](O)CC1CCOCC1. The first kappa shape index (κ1) is 8.75. The molecule has 0 amide bonds. The number of aliphatic hydroxyl groups is 1. The van der Waals surface area contributed by atoms with Gasteiger partial charge in [0.15, 0.2) is 0 Å². The highest BCUT2D eigenvalue weighted by Gasteiger charge is 2.15. The van der Waals surface area contributed by atoms with Crippen LogP contribution in [0.3, 0.4) is 0 Å². The summed E-state index contributed by atoms with van der Waals surface area (Å²) in [6.45, 7) is 5.26. The second-order valence-corrected chi connectivity index (χ2v) is 3.09. The topological polar surface area (TPSA) is 29.5 Å². The fraction of sp³-hybridized carbons (Fsp3) is 0.778. The molecule has 0 unspecified atom stereocenters. The Morgan fingerprint density at radius 3 is 2.73 bits per heavy atom. The van der Waals surface area contributed by atoms with Gasteiger partial charge < -0.3 is 9.84 Å². The summed E-state index contributed by atoms with van der Waals surface area (Å²) >= 11 is 0. The predicted octanol–water partition coefficient (Wildman–Crippen LogP) is 1.35. The predicted molar refractivity (Wildman–Crippen MR) is 44.4 cm³/mol. The van der Waals surface area contributed by atoms with Gasteiger partial charge in [0.25, 0.3) is 0 Å². The molecule has 0 aromatic rings. The zero-order valence-corrected chi connectivity index (χ0v) is 6.83. The van der Waals surface area contributed by atoms with E-state index in [0.29, 0.717) is 5.92 Å². The van der Waals surface area contributed by atoms with Crippen LogP contribution in [0.4, 0.5) is 0 Å². The summed E-state index contributed by atoms with van der Waals surface area (Å²) in [6.07, 6.45) is 4.32. The second-order valence-electron chi connectivity index (χ2n) is 3.09. The Morgan fingerprint density at radius 1 is 1.55 bits per heavy atom. The van der Waals surface area contributed by atoms with Crippen LogP contribution in [0.15, 0.2) is 12.7 Å². The summed E-state index contributed by atoms with van der Waals surface area (Å²) < 4.78 is 5.21. The van der Waals surface area contributed by atoms with Gasteiger partial charge in [-0.1, -0.05) is 6.08 Å². The first-order valence-corrected chi connectivity index (χ1v) is 4.21. The Balaban J connectivity index is 2.18. The molecule has 64 valence electrons. The van der Waals surface area contributed by atoms with Gasteiger partial charge in [-0.15, -0.1) is 6.58 Å². The van der Waals surface area contributed by atoms with Gasteiger partial charge in [-0.05, 0) is 25.2 Å². The molecule has 1 aliphatic rings. The molecule has 0 spiro atoms. The third-order valence-electron chi connectivity index (χ3n) is 2.19. The lowest BCUT2D eigenvalue weighted by atomic mass is 9.94. The first-order chi connectivity index (χ1) is 5.33. The van der Waals surface area contributed by atoms with E-state index in [9.17, 15) is 5.11 Å². The van der Waals surface area contributed by atoms with E-state index in [1.165, 1.54) is 0 Å². The minimum Gasteiger partial charge on any atom is -0.389 e. The van der Waals surface area contributed by atoms with Crippen molar-refractivity contribution < 1.29 is 9.84 Å². The molecule has 1 aliphatic heterocycles. The molecule has 0 bridgehead atoms. The molecule has 11 heavy (non-hydrogen) atoms. The van der Waals surface area contributed by atoms with Crippen LogP contribution in [-0.4, -0.2) is 24.4 Å². The average molecular weight is 156 g/mol. The van der Waals surface area contributed by atoms with Crippen LogP contribution in [0.5, 0.6) is 0 Å². The molecular formula is C9H16O2. The van der Waals surface area contributed by atoms with E-state index in [1.54, 1.807) is 6.08 Å². The average Bonchev–Trinajstić information content (AvgIpc) is 2.06. The van der Waals surface area contributed by atoms with E-state index in [4.69, 9.17) is 4.74 Å². The summed E-state index contributed by atoms with van der Waals surface area (Å²) in [7, 11) is 0. The molecule has 1 heterocycles. The molecule has 0 aromatic heterocycles. The minimum absolute atomic E-state index is 0.321. The standard InChI is InChI=1S/C9H16O2/c1-2-9(10)7-8-3-5-11-6-4-8/h2,8-10H,1,3-7H2/t9-/m1/s1. The van der Waals surface area contributed by atoms with Crippen molar-refractivity contribution in [1.29, 1.82) is 0 Å². The van der Waals surface area contributed by atoms with E-state index >= 15 is 0 Å². The van der Waals surface area contributed by atoms with Crippen LogP contribution >= 0.6 is 0 Å². The Bertz CT molecular complexity index is 117. The summed E-state index contributed by atoms with van der Waals surface area (Å²) in [5.41, 5.74) is 0. The quantitative estimate of drug-likeness (QED) is 0.625. The number of ether oxygens (including phenoxy) is 1. The highest BCUT2D eigenvalue weighted by Crippen LogP contribution is 2.20. The van der Waals surface area contributed by atoms with Gasteiger partial charge in [-0.25, -0.2) is 0 Å². The highest BCUT2D eigenvalue weighted by molar-refractivity contribution is 4.80. The third-order valence-corrected chi connectivity index (χ3v) is 2.19. The molecule has 2 heteroatoms. The number of hydrogen-bond acceptors (Lipinski definition) is 2. The van der Waals surface area contributed by atoms with Gasteiger partial charge in [0.2, 0.25) is 0 Å². The van der Waals surface area contributed by atoms with Gasteiger partial charge in [-0.2, -0.15) is 0 Å². The van der Waals surface area contributed by atoms with Crippen molar-refractivity contribution in [3.63, 3.8) is 0 Å². The van der Waals surface area contributed by atoms with Crippen molar-refractivity contribution in [2.45, 2.75) is 25.4 Å². The van der Waals surface area contributed by atoms with E-state index in [1.807, 2.05) is 0 Å². The van der Waals surface area contributed by atoms with Crippen LogP contribution in [-0.2, 0) is 4.74 Å². The van der Waals surface area contributed by atoms with Crippen molar-refractivity contribution in [2.24, 2.45) is 5.92 Å². The third kappa shape index (κ3) is 3.04. The summed E-state index contributed by atoms with van der Waals surface area (Å²) in [6, 6.07) is 0. The lowest BCUT2D eigenvalue weighted by Crippen LogP contribution is -2.19. The van der Waals surface area contributed by atoms with Crippen molar-refractivity contribution >= 4 is 0 Å². The van der Waals surface area contributed by atoms with Crippen molar-refractivity contribution in [3.8, 4) is 0 Å². The zero-order chi connectivity index (χ0) is 8.10. The molecule has 0 aromatic carbocycles. The summed E-state index contributed by atoms with van der Waals surface area (Å²) in [4.78, 5) is 0. The Kier molecular flexibility index (Phi) is 3.60. The van der Waals surface area contributed by atoms with Gasteiger partial charge in [0.1, 0.15) is 0 Å². The highest BCUT2D eigenvalue weighted by atomic mass is 16.5. The molecule has 1 fully saturated rings. The first-order valence-electron chi connectivity index (χ1n) is 4.21. The lowest BCUT2D eigenvalue weighted by molar-refractivity contribution is 0.0510. The molecule has 1 saturated heterocycles. The van der Waals surface area contributed by atoms with Crippen LogP contribution in [0.1, 0.15) is 19.3 Å². The molecule has 0 saturated carbocycles. The molecule has 1 rings (SSSR count). The zero-order valence-electron chi connectivity index (χ0n) is 6.83. The Hall–Kier alpha value is -0.340.